The summed E-state index contributed by atoms with van der Waals surface area (Å²) in [5.41, 5.74) is 1.15. The minimum atomic E-state index is 0.510. The Kier molecular flexibility index (Phi) is 7.88. The van der Waals surface area contributed by atoms with Crippen LogP contribution in [0.25, 0.3) is 0 Å². The van der Waals surface area contributed by atoms with Crippen molar-refractivity contribution in [3.8, 4) is 11.5 Å². The van der Waals surface area contributed by atoms with E-state index in [-0.39, 0.29) is 0 Å². The molecule has 0 spiro atoms. The molecule has 1 aromatic carbocycles. The first-order valence-electron chi connectivity index (χ1n) is 5.97. The Morgan fingerprint density at radius 1 is 1.00 bits per heavy atom. The molecule has 0 saturated carbocycles. The Balaban J connectivity index is 0.00000121. The Bertz CT molecular complexity index is 310. The van der Waals surface area contributed by atoms with Crippen LogP contribution in [0.15, 0.2) is 17.0 Å². The van der Waals surface area contributed by atoms with Crippen LogP contribution < -0.4 is 9.47 Å². The van der Waals surface area contributed by atoms with Gasteiger partial charge in [-0.15, -0.1) is 11.8 Å². The van der Waals surface area contributed by atoms with E-state index in [1.165, 1.54) is 0 Å². The highest BCUT2D eigenvalue weighted by atomic mass is 32.2. The summed E-state index contributed by atoms with van der Waals surface area (Å²) in [4.78, 5) is 1.08. The molecule has 0 saturated heterocycles. The number of hydrogen-bond donors (Lipinski definition) is 0. The van der Waals surface area contributed by atoms with Crippen LogP contribution in [0.1, 0.15) is 33.3 Å². The quantitative estimate of drug-likeness (QED) is 0.737. The molecule has 0 aliphatic rings. The third kappa shape index (κ3) is 4.90. The zero-order chi connectivity index (χ0) is 13.4. The minimum absolute atomic E-state index is 0.510. The van der Waals surface area contributed by atoms with Gasteiger partial charge in [-0.3, -0.25) is 0 Å². The van der Waals surface area contributed by atoms with Gasteiger partial charge in [-0.2, -0.15) is 0 Å². The van der Waals surface area contributed by atoms with E-state index in [4.69, 9.17) is 9.47 Å². The SMILES string of the molecule is CC.COc1cc(C)cc(OC)c1SC(C)C. The Morgan fingerprint density at radius 3 is 1.71 bits per heavy atom. The first-order chi connectivity index (χ1) is 8.08. The number of benzene rings is 1. The van der Waals surface area contributed by atoms with Crippen molar-refractivity contribution in [1.82, 2.24) is 0 Å². The van der Waals surface area contributed by atoms with Crippen molar-refractivity contribution in [2.75, 3.05) is 14.2 Å². The van der Waals surface area contributed by atoms with Crippen LogP contribution in [0, 0.1) is 6.92 Å². The maximum absolute atomic E-state index is 5.37. The van der Waals surface area contributed by atoms with E-state index < -0.39 is 0 Å². The molecule has 17 heavy (non-hydrogen) atoms. The van der Waals surface area contributed by atoms with Gasteiger partial charge in [0.2, 0.25) is 0 Å². The molecule has 0 amide bonds. The average Bonchev–Trinajstić information content (AvgIpc) is 2.32. The lowest BCUT2D eigenvalue weighted by Gasteiger charge is -2.15. The largest absolute Gasteiger partial charge is 0.495 e. The molecular weight excluding hydrogens is 232 g/mol. The lowest BCUT2D eigenvalue weighted by molar-refractivity contribution is 0.376. The summed E-state index contributed by atoms with van der Waals surface area (Å²) < 4.78 is 10.7. The molecule has 2 nitrogen and oxygen atoms in total. The van der Waals surface area contributed by atoms with Gasteiger partial charge in [0.1, 0.15) is 11.5 Å². The molecule has 0 fully saturated rings. The van der Waals surface area contributed by atoms with E-state index in [1.807, 2.05) is 32.9 Å². The predicted molar refractivity (Wildman–Crippen MR) is 76.6 cm³/mol. The first kappa shape index (κ1) is 16.2. The molecule has 0 bridgehead atoms. The van der Waals surface area contributed by atoms with Crippen molar-refractivity contribution in [2.45, 2.75) is 44.8 Å². The molecule has 3 heteroatoms. The second kappa shape index (κ2) is 8.29. The van der Waals surface area contributed by atoms with E-state index >= 15 is 0 Å². The molecule has 0 atom stereocenters. The summed E-state index contributed by atoms with van der Waals surface area (Å²) in [5.74, 6) is 1.79. The summed E-state index contributed by atoms with van der Waals surface area (Å²) in [5, 5.41) is 0.510. The van der Waals surface area contributed by atoms with Gasteiger partial charge in [-0.25, -0.2) is 0 Å². The van der Waals surface area contributed by atoms with Gasteiger partial charge in [0.05, 0.1) is 19.1 Å². The smallest absolute Gasteiger partial charge is 0.136 e. The van der Waals surface area contributed by atoms with E-state index in [0.29, 0.717) is 5.25 Å². The number of methoxy groups -OCH3 is 2. The van der Waals surface area contributed by atoms with Crippen molar-refractivity contribution >= 4 is 11.8 Å². The average molecular weight is 256 g/mol. The van der Waals surface area contributed by atoms with Crippen molar-refractivity contribution < 1.29 is 9.47 Å². The Hall–Kier alpha value is -0.830. The maximum atomic E-state index is 5.37. The second-order valence-electron chi connectivity index (χ2n) is 3.67. The number of thioether (sulfide) groups is 1. The molecular formula is C14H24O2S. The predicted octanol–water partition coefficient (Wildman–Crippen LogP) is 4.54. The molecule has 0 unspecified atom stereocenters. The number of rotatable bonds is 4. The van der Waals surface area contributed by atoms with Gasteiger partial charge in [-0.05, 0) is 24.6 Å². The summed E-state index contributed by atoms with van der Waals surface area (Å²) in [6, 6.07) is 4.07. The van der Waals surface area contributed by atoms with Gasteiger partial charge in [0, 0.05) is 5.25 Å². The third-order valence-electron chi connectivity index (χ3n) is 1.96. The van der Waals surface area contributed by atoms with Crippen molar-refractivity contribution in [3.63, 3.8) is 0 Å². The molecule has 0 heterocycles. The highest BCUT2D eigenvalue weighted by molar-refractivity contribution is 8.00. The monoisotopic (exact) mass is 256 g/mol. The fourth-order valence-corrected chi connectivity index (χ4v) is 2.35. The summed E-state index contributed by atoms with van der Waals surface area (Å²) in [6.45, 7) is 10.3. The summed E-state index contributed by atoms with van der Waals surface area (Å²) in [6.07, 6.45) is 0. The van der Waals surface area contributed by atoms with Crippen LogP contribution in [-0.4, -0.2) is 19.5 Å². The molecule has 0 radical (unpaired) electrons. The van der Waals surface area contributed by atoms with Crippen LogP contribution in [-0.2, 0) is 0 Å². The number of aryl methyl sites for hydroxylation is 1. The number of ether oxygens (including phenoxy) is 2. The zero-order valence-electron chi connectivity index (χ0n) is 12.0. The van der Waals surface area contributed by atoms with Crippen LogP contribution >= 0.6 is 11.8 Å². The van der Waals surface area contributed by atoms with Gasteiger partial charge < -0.3 is 9.47 Å². The van der Waals surface area contributed by atoms with Gasteiger partial charge in [0.25, 0.3) is 0 Å². The van der Waals surface area contributed by atoms with Crippen molar-refractivity contribution in [2.24, 2.45) is 0 Å². The van der Waals surface area contributed by atoms with Gasteiger partial charge in [-0.1, -0.05) is 27.7 Å². The highest BCUT2D eigenvalue weighted by Gasteiger charge is 2.13. The Labute approximate surface area is 110 Å². The van der Waals surface area contributed by atoms with Crippen molar-refractivity contribution in [1.29, 1.82) is 0 Å². The fourth-order valence-electron chi connectivity index (χ4n) is 1.36. The van der Waals surface area contributed by atoms with E-state index in [1.54, 1.807) is 26.0 Å². The molecule has 0 aliphatic carbocycles. The van der Waals surface area contributed by atoms with Crippen LogP contribution in [0.4, 0.5) is 0 Å². The first-order valence-corrected chi connectivity index (χ1v) is 6.85. The molecule has 98 valence electrons. The summed E-state index contributed by atoms with van der Waals surface area (Å²) in [7, 11) is 3.39. The van der Waals surface area contributed by atoms with Crippen LogP contribution in [0.5, 0.6) is 11.5 Å². The minimum Gasteiger partial charge on any atom is -0.495 e. The Morgan fingerprint density at radius 2 is 1.41 bits per heavy atom. The van der Waals surface area contributed by atoms with E-state index in [2.05, 4.69) is 13.8 Å². The topological polar surface area (TPSA) is 18.5 Å². The molecule has 0 aromatic heterocycles. The van der Waals surface area contributed by atoms with Gasteiger partial charge >= 0.3 is 0 Å². The van der Waals surface area contributed by atoms with Crippen molar-refractivity contribution in [3.05, 3.63) is 17.7 Å². The molecule has 0 N–H and O–H groups in total. The summed E-state index contributed by atoms with van der Waals surface area (Å²) >= 11 is 1.76. The van der Waals surface area contributed by atoms with Crippen LogP contribution in [0.2, 0.25) is 0 Å². The second-order valence-corrected chi connectivity index (χ2v) is 5.25. The maximum Gasteiger partial charge on any atom is 0.136 e. The van der Waals surface area contributed by atoms with E-state index in [0.717, 1.165) is 22.0 Å². The number of hydrogen-bond acceptors (Lipinski definition) is 3. The zero-order valence-corrected chi connectivity index (χ0v) is 12.8. The third-order valence-corrected chi connectivity index (χ3v) is 3.07. The normalized spacial score (nSPS) is 9.65. The lowest BCUT2D eigenvalue weighted by Crippen LogP contribution is -1.96. The molecule has 1 rings (SSSR count). The molecule has 0 aliphatic heterocycles. The van der Waals surface area contributed by atoms with Gasteiger partial charge in [0.15, 0.2) is 0 Å². The van der Waals surface area contributed by atoms with Crippen LogP contribution in [0.3, 0.4) is 0 Å². The van der Waals surface area contributed by atoms with E-state index in [9.17, 15) is 0 Å². The fraction of sp³-hybridized carbons (Fsp3) is 0.571. The molecule has 1 aromatic rings. The standard InChI is InChI=1S/C12H18O2S.C2H6/c1-8(2)15-12-10(13-4)6-9(3)7-11(12)14-5;1-2/h6-8H,1-5H3;1-2H3. The lowest BCUT2D eigenvalue weighted by atomic mass is 10.2. The highest BCUT2D eigenvalue weighted by Crippen LogP contribution is 2.40.